The summed E-state index contributed by atoms with van der Waals surface area (Å²) in [6.45, 7) is -2.15. The van der Waals surface area contributed by atoms with Crippen LogP contribution in [0.25, 0.3) is 0 Å². The van der Waals surface area contributed by atoms with Gasteiger partial charge in [0.2, 0.25) is 11.6 Å². The quantitative estimate of drug-likeness (QED) is 0.117. The van der Waals surface area contributed by atoms with E-state index in [2.05, 4.69) is 0 Å². The van der Waals surface area contributed by atoms with E-state index >= 15 is 0 Å². The molecule has 0 bridgehead atoms. The zero-order valence-corrected chi connectivity index (χ0v) is 25.8. The number of benzene rings is 4. The maximum absolute atomic E-state index is 14.1. The summed E-state index contributed by atoms with van der Waals surface area (Å²) in [6.07, 6.45) is -9.44. The summed E-state index contributed by atoms with van der Waals surface area (Å²) in [5.41, 5.74) is -5.56. The average Bonchev–Trinajstić information content (AvgIpc) is 3.10. The Hall–Kier alpha value is -5.19. The lowest BCUT2D eigenvalue weighted by Gasteiger charge is -2.52. The number of phenolic OH excluding ortho intramolecular Hbond substituents is 4. The summed E-state index contributed by atoms with van der Waals surface area (Å²) >= 11 is 0. The normalized spacial score (nSPS) is 25.5. The summed E-state index contributed by atoms with van der Waals surface area (Å²) in [6, 6.07) is 10.8. The number of ether oxygens (including phenoxy) is 1. The third-order valence-corrected chi connectivity index (χ3v) is 9.93. The van der Waals surface area contributed by atoms with Gasteiger partial charge in [0.05, 0.1) is 47.5 Å². The Morgan fingerprint density at radius 1 is 0.580 bits per heavy atom. The van der Waals surface area contributed by atoms with Crippen LogP contribution in [0, 0.1) is 0 Å². The molecule has 4 aromatic carbocycles. The number of rotatable bonds is 5. The molecule has 0 spiro atoms. The Labute approximate surface area is 282 Å². The zero-order chi connectivity index (χ0) is 36.0. The van der Waals surface area contributed by atoms with E-state index in [1.54, 1.807) is 0 Å². The Bertz CT molecular complexity index is 2140. The van der Waals surface area contributed by atoms with Crippen LogP contribution in [-0.2, 0) is 23.4 Å². The topological polar surface area (TPSA) is 263 Å². The zero-order valence-electron chi connectivity index (χ0n) is 25.8. The van der Waals surface area contributed by atoms with Crippen molar-refractivity contribution in [1.82, 2.24) is 0 Å². The first kappa shape index (κ1) is 33.3. The molecule has 50 heavy (non-hydrogen) atoms. The van der Waals surface area contributed by atoms with Gasteiger partial charge >= 0.3 is 0 Å². The van der Waals surface area contributed by atoms with Crippen molar-refractivity contribution in [3.63, 3.8) is 0 Å². The van der Waals surface area contributed by atoms with Crippen LogP contribution in [0.3, 0.4) is 0 Å². The number of aromatic hydroxyl groups is 4. The van der Waals surface area contributed by atoms with E-state index in [1.165, 1.54) is 30.3 Å². The number of aliphatic hydroxyl groups excluding tert-OH is 6. The minimum absolute atomic E-state index is 0.0221. The minimum atomic E-state index is -2.33. The minimum Gasteiger partial charge on any atom is -0.507 e. The van der Waals surface area contributed by atoms with E-state index in [-0.39, 0.29) is 38.9 Å². The first-order valence-corrected chi connectivity index (χ1v) is 15.4. The smallest absolute Gasteiger partial charge is 0.201 e. The van der Waals surface area contributed by atoms with Crippen LogP contribution in [-0.4, -0.2) is 106 Å². The predicted octanol–water partition coefficient (Wildman–Crippen LogP) is -0.00980. The summed E-state index contributed by atoms with van der Waals surface area (Å²) in [5.74, 6) is -5.63. The molecule has 6 unspecified atom stereocenters. The van der Waals surface area contributed by atoms with Crippen molar-refractivity contribution in [2.45, 2.75) is 49.1 Å². The van der Waals surface area contributed by atoms with E-state index in [1.807, 2.05) is 0 Å². The molecule has 0 radical (unpaired) electrons. The van der Waals surface area contributed by atoms with Gasteiger partial charge in [-0.2, -0.15) is 0 Å². The van der Waals surface area contributed by atoms with Gasteiger partial charge in [-0.05, 0) is 52.6 Å². The monoisotopic (exact) mass is 686 g/mol. The Kier molecular flexibility index (Phi) is 7.80. The molecule has 1 heterocycles. The Morgan fingerprint density at radius 2 is 1.20 bits per heavy atom. The molecule has 0 amide bonds. The second-order valence-electron chi connectivity index (χ2n) is 12.5. The van der Waals surface area contributed by atoms with Crippen molar-refractivity contribution in [2.24, 2.45) is 0 Å². The molecule has 10 N–H and O–H groups in total. The molecule has 3 aliphatic rings. The van der Waals surface area contributed by atoms with Crippen molar-refractivity contribution in [3.05, 3.63) is 116 Å². The predicted molar refractivity (Wildman–Crippen MR) is 168 cm³/mol. The first-order valence-electron chi connectivity index (χ1n) is 15.4. The summed E-state index contributed by atoms with van der Waals surface area (Å²) < 4.78 is 6.10. The van der Waals surface area contributed by atoms with Crippen molar-refractivity contribution >= 4 is 17.3 Å². The Balaban J connectivity index is 1.64. The highest BCUT2D eigenvalue weighted by atomic mass is 16.5. The van der Waals surface area contributed by atoms with Gasteiger partial charge in [0.25, 0.3) is 0 Å². The highest BCUT2D eigenvalue weighted by Crippen LogP contribution is 2.57. The van der Waals surface area contributed by atoms with Gasteiger partial charge < -0.3 is 55.8 Å². The Morgan fingerprint density at radius 3 is 1.86 bits per heavy atom. The lowest BCUT2D eigenvalue weighted by atomic mass is 9.57. The fourth-order valence-electron chi connectivity index (χ4n) is 7.71. The summed E-state index contributed by atoms with van der Waals surface area (Å²) in [7, 11) is 0. The van der Waals surface area contributed by atoms with Crippen LogP contribution < -0.4 is 0 Å². The standard InChI is InChI=1S/C36H30O14/c37-10-13-6-16-24(21(41)8-13)31(46)25-15(28(16)43)4-5-18(29(25)44)36(35-34(49)33(48)30(45)23(12-39)50-35)17-2-1-3-20(40)26(17)32(47)27-19(36)7-14(11-38)9-22(27)42/h1-9,23,30,33-35,37-42,44-45,48-49H,10-12H2. The number of carbonyl (C=O) groups excluding carboxylic acids is 3. The van der Waals surface area contributed by atoms with E-state index in [4.69, 9.17) is 4.74 Å². The molecule has 0 saturated carbocycles. The number of hydrogen-bond acceptors (Lipinski definition) is 14. The molecule has 7 rings (SSSR count). The summed E-state index contributed by atoms with van der Waals surface area (Å²) in [5, 5.41) is 109. The van der Waals surface area contributed by atoms with Gasteiger partial charge in [-0.3, -0.25) is 14.4 Å². The third kappa shape index (κ3) is 4.31. The average molecular weight is 687 g/mol. The molecule has 2 aliphatic carbocycles. The molecule has 0 aromatic heterocycles. The van der Waals surface area contributed by atoms with Gasteiger partial charge in [0, 0.05) is 16.7 Å². The highest BCUT2D eigenvalue weighted by molar-refractivity contribution is 6.30. The first-order chi connectivity index (χ1) is 23.8. The highest BCUT2D eigenvalue weighted by Gasteiger charge is 2.60. The van der Waals surface area contributed by atoms with Crippen LogP contribution in [0.15, 0.2) is 54.6 Å². The largest absolute Gasteiger partial charge is 0.507 e. The SMILES string of the molecule is O=C1c2cc(CO)cc(O)c2C(=O)c2c1ccc(C1(C3OC(CO)C(O)C(O)C3O)c3cccc(O)c3C(=O)c3c(O)cc(CO)cc31)c2O. The van der Waals surface area contributed by atoms with Crippen LogP contribution >= 0.6 is 0 Å². The molecule has 1 fully saturated rings. The number of phenols is 4. The van der Waals surface area contributed by atoms with Crippen molar-refractivity contribution in [3.8, 4) is 23.0 Å². The van der Waals surface area contributed by atoms with Crippen LogP contribution in [0.4, 0.5) is 0 Å². The maximum atomic E-state index is 14.1. The fourth-order valence-corrected chi connectivity index (χ4v) is 7.71. The lowest BCUT2D eigenvalue weighted by molar-refractivity contribution is -0.239. The number of fused-ring (bicyclic) bond motifs is 4. The van der Waals surface area contributed by atoms with E-state index in [0.29, 0.717) is 0 Å². The van der Waals surface area contributed by atoms with E-state index in [0.717, 1.165) is 24.3 Å². The molecule has 1 aliphatic heterocycles. The molecule has 4 aromatic rings. The van der Waals surface area contributed by atoms with Gasteiger partial charge in [-0.25, -0.2) is 0 Å². The van der Waals surface area contributed by atoms with Crippen LogP contribution in [0.1, 0.15) is 75.6 Å². The van der Waals surface area contributed by atoms with E-state index < -0.39 is 118 Å². The number of ketones is 3. The van der Waals surface area contributed by atoms with Gasteiger partial charge in [0.15, 0.2) is 5.78 Å². The van der Waals surface area contributed by atoms with Crippen molar-refractivity contribution in [1.29, 1.82) is 0 Å². The molecule has 1 saturated heterocycles. The number of aliphatic hydroxyl groups is 6. The molecule has 258 valence electrons. The van der Waals surface area contributed by atoms with Gasteiger partial charge in [0.1, 0.15) is 53.5 Å². The van der Waals surface area contributed by atoms with Gasteiger partial charge in [-0.1, -0.05) is 24.3 Å². The lowest BCUT2D eigenvalue weighted by Crippen LogP contribution is -2.65. The van der Waals surface area contributed by atoms with Crippen LogP contribution in [0.2, 0.25) is 0 Å². The second kappa shape index (κ2) is 11.7. The number of hydrogen-bond donors (Lipinski definition) is 10. The third-order valence-electron chi connectivity index (χ3n) is 9.93. The molecular formula is C36H30O14. The van der Waals surface area contributed by atoms with Crippen LogP contribution in [0.5, 0.6) is 23.0 Å². The molecule has 6 atom stereocenters. The number of carbonyl (C=O) groups is 3. The maximum Gasteiger partial charge on any atom is 0.201 e. The fraction of sp³-hybridized carbons (Fsp3) is 0.250. The molecule has 14 heteroatoms. The molecular weight excluding hydrogens is 656 g/mol. The van der Waals surface area contributed by atoms with E-state index in [9.17, 15) is 65.4 Å². The van der Waals surface area contributed by atoms with Crippen molar-refractivity contribution < 1.29 is 70.2 Å². The molecule has 14 nitrogen and oxygen atoms in total. The van der Waals surface area contributed by atoms with Gasteiger partial charge in [-0.15, -0.1) is 0 Å². The van der Waals surface area contributed by atoms with Crippen molar-refractivity contribution in [2.75, 3.05) is 6.61 Å². The second-order valence-corrected chi connectivity index (χ2v) is 12.5. The summed E-state index contributed by atoms with van der Waals surface area (Å²) in [4.78, 5) is 42.0.